The van der Waals surface area contributed by atoms with Crippen LogP contribution in [0.25, 0.3) is 11.0 Å². The summed E-state index contributed by atoms with van der Waals surface area (Å²) in [6.07, 6.45) is 0. The molecule has 3 aromatic rings. The van der Waals surface area contributed by atoms with Crippen LogP contribution in [0.3, 0.4) is 0 Å². The highest BCUT2D eigenvalue weighted by Crippen LogP contribution is 2.28. The van der Waals surface area contributed by atoms with Crippen LogP contribution in [0, 0.1) is 17.0 Å². The zero-order valence-electron chi connectivity index (χ0n) is 16.4. The van der Waals surface area contributed by atoms with E-state index >= 15 is 0 Å². The van der Waals surface area contributed by atoms with Gasteiger partial charge in [-0.3, -0.25) is 10.1 Å². The van der Waals surface area contributed by atoms with E-state index in [1.54, 1.807) is 32.0 Å². The number of nitrogens with zero attached hydrogens (tertiary/aromatic N) is 3. The van der Waals surface area contributed by atoms with Crippen molar-refractivity contribution in [1.82, 2.24) is 14.3 Å². The van der Waals surface area contributed by atoms with Gasteiger partial charge in [0.25, 0.3) is 0 Å². The molecule has 0 aliphatic rings. The number of H-pyrrole nitrogens is 1. The molecule has 0 aliphatic heterocycles. The van der Waals surface area contributed by atoms with E-state index in [0.29, 0.717) is 29.9 Å². The van der Waals surface area contributed by atoms with E-state index in [0.717, 1.165) is 5.56 Å². The van der Waals surface area contributed by atoms with Gasteiger partial charge in [-0.25, -0.2) is 13.4 Å². The van der Waals surface area contributed by atoms with Crippen LogP contribution in [0.1, 0.15) is 25.2 Å². The maximum absolute atomic E-state index is 12.7. The number of rotatable bonds is 8. The average Bonchev–Trinajstić information content (AvgIpc) is 3.09. The van der Waals surface area contributed by atoms with Crippen molar-refractivity contribution >= 4 is 26.7 Å². The predicted molar refractivity (Wildman–Crippen MR) is 108 cm³/mol. The molecule has 1 N–H and O–H groups in total. The molecule has 0 fully saturated rings. The van der Waals surface area contributed by atoms with E-state index in [-0.39, 0.29) is 22.9 Å². The second kappa shape index (κ2) is 8.18. The molecule has 0 saturated heterocycles. The molecule has 3 rings (SSSR count). The summed E-state index contributed by atoms with van der Waals surface area (Å²) < 4.78 is 32.4. The summed E-state index contributed by atoms with van der Waals surface area (Å²) in [5.74, 6) is 0.591. The molecule has 154 valence electrons. The number of sulfonamides is 1. The Kier molecular flexibility index (Phi) is 5.85. The van der Waals surface area contributed by atoms with Crippen molar-refractivity contribution < 1.29 is 18.1 Å². The van der Waals surface area contributed by atoms with Crippen LogP contribution in [0.2, 0.25) is 0 Å². The van der Waals surface area contributed by atoms with Crippen LogP contribution < -0.4 is 4.74 Å². The minimum Gasteiger partial charge on any atom is -0.479 e. The number of nitrogens with one attached hydrogen (secondary N) is 1. The third-order valence-electron chi connectivity index (χ3n) is 4.52. The number of imidazole rings is 1. The minimum absolute atomic E-state index is 0.0168. The summed E-state index contributed by atoms with van der Waals surface area (Å²) >= 11 is 0. The van der Waals surface area contributed by atoms with Crippen LogP contribution in [0.4, 0.5) is 5.69 Å². The molecule has 0 aliphatic carbocycles. The zero-order valence-corrected chi connectivity index (χ0v) is 17.2. The molecule has 9 nitrogen and oxygen atoms in total. The van der Waals surface area contributed by atoms with Gasteiger partial charge in [0.2, 0.25) is 10.0 Å². The van der Waals surface area contributed by atoms with Crippen molar-refractivity contribution in [3.05, 3.63) is 57.9 Å². The van der Waals surface area contributed by atoms with Gasteiger partial charge in [-0.1, -0.05) is 19.9 Å². The van der Waals surface area contributed by atoms with Crippen LogP contribution in [-0.2, 0) is 16.6 Å². The maximum atomic E-state index is 12.7. The molecular formula is C19H22N4O5S. The SMILES string of the molecule is CCN(CC)S(=O)(=O)c1ccc2nc(COc3cc(C)ccc3[N+](=O)[O-])[nH]c2c1. The molecule has 0 radical (unpaired) electrons. The first kappa shape index (κ1) is 20.7. The lowest BCUT2D eigenvalue weighted by Gasteiger charge is -2.18. The fourth-order valence-electron chi connectivity index (χ4n) is 3.02. The second-order valence-corrected chi connectivity index (χ2v) is 8.41. The summed E-state index contributed by atoms with van der Waals surface area (Å²) in [5, 5.41) is 11.2. The Hall–Kier alpha value is -2.98. The largest absolute Gasteiger partial charge is 0.479 e. The fraction of sp³-hybridized carbons (Fsp3) is 0.316. The average molecular weight is 418 g/mol. The van der Waals surface area contributed by atoms with E-state index in [1.807, 2.05) is 6.92 Å². The Morgan fingerprint density at radius 1 is 1.17 bits per heavy atom. The molecule has 0 amide bonds. The monoisotopic (exact) mass is 418 g/mol. The number of aromatic amines is 1. The van der Waals surface area contributed by atoms with Crippen molar-refractivity contribution in [3.63, 3.8) is 0 Å². The number of aryl methyl sites for hydroxylation is 1. The first-order valence-electron chi connectivity index (χ1n) is 9.13. The lowest BCUT2D eigenvalue weighted by Crippen LogP contribution is -2.30. The Morgan fingerprint density at radius 2 is 1.90 bits per heavy atom. The maximum Gasteiger partial charge on any atom is 0.310 e. The third kappa shape index (κ3) is 4.22. The number of hydrogen-bond donors (Lipinski definition) is 1. The first-order chi connectivity index (χ1) is 13.8. The molecule has 1 aromatic heterocycles. The number of fused-ring (bicyclic) bond motifs is 1. The molecule has 0 spiro atoms. The molecule has 10 heteroatoms. The van der Waals surface area contributed by atoms with Crippen molar-refractivity contribution in [2.24, 2.45) is 0 Å². The van der Waals surface area contributed by atoms with Crippen molar-refractivity contribution in [2.45, 2.75) is 32.3 Å². The summed E-state index contributed by atoms with van der Waals surface area (Å²) in [7, 11) is -3.58. The zero-order chi connectivity index (χ0) is 21.2. The topological polar surface area (TPSA) is 118 Å². The highest BCUT2D eigenvalue weighted by atomic mass is 32.2. The Morgan fingerprint density at radius 3 is 2.55 bits per heavy atom. The molecule has 0 saturated carbocycles. The number of nitro groups is 1. The molecular weight excluding hydrogens is 396 g/mol. The number of ether oxygens (including phenoxy) is 1. The van der Waals surface area contributed by atoms with Gasteiger partial charge in [0, 0.05) is 19.2 Å². The van der Waals surface area contributed by atoms with Gasteiger partial charge in [-0.05, 0) is 36.8 Å². The number of hydrogen-bond acceptors (Lipinski definition) is 6. The van der Waals surface area contributed by atoms with Crippen LogP contribution in [-0.4, -0.2) is 40.7 Å². The highest BCUT2D eigenvalue weighted by Gasteiger charge is 2.22. The quantitative estimate of drug-likeness (QED) is 0.442. The van der Waals surface area contributed by atoms with E-state index in [9.17, 15) is 18.5 Å². The van der Waals surface area contributed by atoms with E-state index in [2.05, 4.69) is 9.97 Å². The second-order valence-electron chi connectivity index (χ2n) is 6.47. The van der Waals surface area contributed by atoms with Gasteiger partial charge in [-0.15, -0.1) is 0 Å². The van der Waals surface area contributed by atoms with Gasteiger partial charge in [0.1, 0.15) is 12.4 Å². The van der Waals surface area contributed by atoms with E-state index < -0.39 is 14.9 Å². The minimum atomic E-state index is -3.58. The van der Waals surface area contributed by atoms with Gasteiger partial charge >= 0.3 is 5.69 Å². The fourth-order valence-corrected chi connectivity index (χ4v) is 4.50. The molecule has 1 heterocycles. The molecule has 0 unspecified atom stereocenters. The summed E-state index contributed by atoms with van der Waals surface area (Å²) in [6.45, 7) is 6.14. The van der Waals surface area contributed by atoms with Crippen LogP contribution in [0.15, 0.2) is 41.3 Å². The molecule has 29 heavy (non-hydrogen) atoms. The van der Waals surface area contributed by atoms with Gasteiger partial charge < -0.3 is 9.72 Å². The van der Waals surface area contributed by atoms with Gasteiger partial charge in [0.15, 0.2) is 5.75 Å². The van der Waals surface area contributed by atoms with E-state index in [4.69, 9.17) is 4.74 Å². The lowest BCUT2D eigenvalue weighted by molar-refractivity contribution is -0.386. The normalized spacial score (nSPS) is 11.9. The first-order valence-corrected chi connectivity index (χ1v) is 10.6. The Balaban J connectivity index is 1.86. The van der Waals surface area contributed by atoms with Gasteiger partial charge in [0.05, 0.1) is 20.9 Å². The smallest absolute Gasteiger partial charge is 0.310 e. The van der Waals surface area contributed by atoms with Crippen molar-refractivity contribution in [1.29, 1.82) is 0 Å². The third-order valence-corrected chi connectivity index (χ3v) is 6.57. The van der Waals surface area contributed by atoms with Crippen molar-refractivity contribution in [3.8, 4) is 5.75 Å². The number of aromatic nitrogens is 2. The predicted octanol–water partition coefficient (Wildman–Crippen LogP) is 3.39. The summed E-state index contributed by atoms with van der Waals surface area (Å²) in [6, 6.07) is 9.32. The van der Waals surface area contributed by atoms with Crippen LogP contribution in [0.5, 0.6) is 5.75 Å². The Bertz CT molecular complexity index is 1150. The molecule has 2 aromatic carbocycles. The molecule has 0 atom stereocenters. The standard InChI is InChI=1S/C19H22N4O5S/c1-4-22(5-2)29(26,27)14-7-8-15-16(11-14)21-19(20-15)12-28-18-10-13(3)6-9-17(18)23(24)25/h6-11H,4-5,12H2,1-3H3,(H,20,21). The number of benzene rings is 2. The van der Waals surface area contributed by atoms with Crippen molar-refractivity contribution in [2.75, 3.05) is 13.1 Å². The summed E-state index contributed by atoms with van der Waals surface area (Å²) in [4.78, 5) is 18.2. The number of nitro benzene ring substituents is 1. The molecule has 0 bridgehead atoms. The highest BCUT2D eigenvalue weighted by molar-refractivity contribution is 7.89. The van der Waals surface area contributed by atoms with E-state index in [1.165, 1.54) is 22.5 Å². The van der Waals surface area contributed by atoms with Crippen LogP contribution >= 0.6 is 0 Å². The van der Waals surface area contributed by atoms with Gasteiger partial charge in [-0.2, -0.15) is 4.31 Å². The summed E-state index contributed by atoms with van der Waals surface area (Å²) in [5.41, 5.74) is 1.84. The Labute approximate surface area is 168 Å². The lowest BCUT2D eigenvalue weighted by atomic mass is 10.2.